The number of halogens is 2. The number of carbonyl (C=O) groups excluding carboxylic acids is 1. The van der Waals surface area contributed by atoms with Crippen molar-refractivity contribution in [3.63, 3.8) is 0 Å². The van der Waals surface area contributed by atoms with Crippen LogP contribution in [0.1, 0.15) is 11.1 Å². The third kappa shape index (κ3) is 6.46. The monoisotopic (exact) mass is 589 g/mol. The Morgan fingerprint density at radius 2 is 1.88 bits per heavy atom. The number of nitrogens with zero attached hydrogens (tertiary/aromatic N) is 2. The predicted molar refractivity (Wildman–Crippen MR) is 138 cm³/mol. The zero-order valence-electron chi connectivity index (χ0n) is 17.7. The van der Waals surface area contributed by atoms with E-state index in [4.69, 9.17) is 21.1 Å². The number of non-ortho nitro benzene ring substituents is 1. The number of benzene rings is 3. The molecular formula is C24H17ClIN3O5. The molecule has 172 valence electrons. The van der Waals surface area contributed by atoms with Crippen molar-refractivity contribution in [2.45, 2.75) is 0 Å². The van der Waals surface area contributed by atoms with E-state index in [0.717, 1.165) is 0 Å². The molecule has 0 aliphatic carbocycles. The van der Waals surface area contributed by atoms with Crippen molar-refractivity contribution in [3.8, 4) is 17.6 Å². The number of nitro benzene ring substituents is 1. The molecule has 0 saturated heterocycles. The highest BCUT2D eigenvalue weighted by atomic mass is 127. The first kappa shape index (κ1) is 25.0. The van der Waals surface area contributed by atoms with Crippen molar-refractivity contribution < 1.29 is 19.2 Å². The van der Waals surface area contributed by atoms with Gasteiger partial charge in [0, 0.05) is 22.8 Å². The second-order valence-corrected chi connectivity index (χ2v) is 8.45. The summed E-state index contributed by atoms with van der Waals surface area (Å²) in [6.45, 7) is -0.240. The Hall–Kier alpha value is -3.62. The largest absolute Gasteiger partial charge is 0.493 e. The number of anilines is 1. The highest BCUT2D eigenvalue weighted by Gasteiger charge is 2.14. The van der Waals surface area contributed by atoms with Gasteiger partial charge in [-0.3, -0.25) is 14.9 Å². The zero-order valence-corrected chi connectivity index (χ0v) is 20.7. The summed E-state index contributed by atoms with van der Waals surface area (Å²) in [6, 6.07) is 18.0. The lowest BCUT2D eigenvalue weighted by atomic mass is 10.0. The normalized spacial score (nSPS) is 10.8. The number of allylic oxidation sites excluding steroid dienone is 1. The van der Waals surface area contributed by atoms with Crippen LogP contribution in [0.15, 0.2) is 60.7 Å². The summed E-state index contributed by atoms with van der Waals surface area (Å²) >= 11 is 7.90. The van der Waals surface area contributed by atoms with Crippen LogP contribution in [0, 0.1) is 25.0 Å². The van der Waals surface area contributed by atoms with E-state index in [1.165, 1.54) is 31.4 Å². The van der Waals surface area contributed by atoms with E-state index in [1.807, 2.05) is 0 Å². The third-order valence-corrected chi connectivity index (χ3v) is 5.60. The lowest BCUT2D eigenvalue weighted by Crippen LogP contribution is -2.20. The van der Waals surface area contributed by atoms with Gasteiger partial charge in [-0.2, -0.15) is 5.26 Å². The van der Waals surface area contributed by atoms with E-state index >= 15 is 0 Å². The first-order valence-electron chi connectivity index (χ1n) is 9.73. The van der Waals surface area contributed by atoms with Crippen molar-refractivity contribution >= 4 is 63.1 Å². The Balaban J connectivity index is 1.78. The molecule has 8 nitrogen and oxygen atoms in total. The molecule has 0 radical (unpaired) electrons. The molecule has 0 aromatic heterocycles. The van der Waals surface area contributed by atoms with Crippen molar-refractivity contribution in [1.29, 1.82) is 5.26 Å². The molecule has 3 rings (SSSR count). The highest BCUT2D eigenvalue weighted by molar-refractivity contribution is 14.1. The highest BCUT2D eigenvalue weighted by Crippen LogP contribution is 2.35. The minimum Gasteiger partial charge on any atom is -0.493 e. The van der Waals surface area contributed by atoms with E-state index < -0.39 is 4.92 Å². The Bertz CT molecular complexity index is 1290. The number of rotatable bonds is 8. The van der Waals surface area contributed by atoms with Crippen molar-refractivity contribution in [2.75, 3.05) is 19.0 Å². The van der Waals surface area contributed by atoms with E-state index in [1.54, 1.807) is 42.5 Å². The smallest absolute Gasteiger partial charge is 0.269 e. The molecule has 3 aromatic carbocycles. The van der Waals surface area contributed by atoms with Crippen LogP contribution in [0.5, 0.6) is 11.5 Å². The number of nitrogens with one attached hydrogen (secondary N) is 1. The number of carbonyl (C=O) groups is 1. The maximum absolute atomic E-state index is 12.3. The third-order valence-electron chi connectivity index (χ3n) is 4.55. The van der Waals surface area contributed by atoms with Gasteiger partial charge in [-0.25, -0.2) is 0 Å². The van der Waals surface area contributed by atoms with Gasteiger partial charge < -0.3 is 14.8 Å². The number of nitro groups is 1. The lowest BCUT2D eigenvalue weighted by Gasteiger charge is -2.14. The molecule has 34 heavy (non-hydrogen) atoms. The fraction of sp³-hybridized carbons (Fsp3) is 0.0833. The van der Waals surface area contributed by atoms with Crippen LogP contribution in [-0.4, -0.2) is 24.5 Å². The zero-order chi connectivity index (χ0) is 24.7. The summed E-state index contributed by atoms with van der Waals surface area (Å²) in [5.74, 6) is 0.424. The number of hydrogen-bond acceptors (Lipinski definition) is 6. The first-order chi connectivity index (χ1) is 16.3. The molecule has 1 amide bonds. The summed E-state index contributed by atoms with van der Waals surface area (Å²) in [5, 5.41) is 23.7. The van der Waals surface area contributed by atoms with Crippen LogP contribution in [0.25, 0.3) is 11.6 Å². The van der Waals surface area contributed by atoms with Crippen molar-refractivity contribution in [3.05, 3.63) is 90.5 Å². The molecular weight excluding hydrogens is 573 g/mol. The quantitative estimate of drug-likeness (QED) is 0.114. The molecule has 0 unspecified atom stereocenters. The van der Waals surface area contributed by atoms with Crippen LogP contribution in [0.4, 0.5) is 11.4 Å². The van der Waals surface area contributed by atoms with Gasteiger partial charge in [0.05, 0.1) is 27.2 Å². The van der Waals surface area contributed by atoms with Crippen molar-refractivity contribution in [2.24, 2.45) is 0 Å². The van der Waals surface area contributed by atoms with Crippen LogP contribution < -0.4 is 14.8 Å². The van der Waals surface area contributed by atoms with Gasteiger partial charge in [-0.15, -0.1) is 0 Å². The maximum atomic E-state index is 12.3. The van der Waals surface area contributed by atoms with Gasteiger partial charge in [0.1, 0.15) is 0 Å². The van der Waals surface area contributed by atoms with Crippen LogP contribution in [-0.2, 0) is 4.79 Å². The van der Waals surface area contributed by atoms with E-state index in [9.17, 15) is 20.2 Å². The van der Waals surface area contributed by atoms with Gasteiger partial charge in [0.25, 0.3) is 11.6 Å². The second kappa shape index (κ2) is 11.5. The number of methoxy groups -OCH3 is 1. The first-order valence-corrected chi connectivity index (χ1v) is 11.2. The minimum absolute atomic E-state index is 0.0566. The molecule has 0 heterocycles. The van der Waals surface area contributed by atoms with Gasteiger partial charge in [-0.1, -0.05) is 11.6 Å². The molecule has 3 aromatic rings. The van der Waals surface area contributed by atoms with Gasteiger partial charge in [0.2, 0.25) is 0 Å². The molecule has 1 N–H and O–H groups in total. The summed E-state index contributed by atoms with van der Waals surface area (Å²) in [7, 11) is 1.47. The van der Waals surface area contributed by atoms with E-state index in [-0.39, 0.29) is 18.2 Å². The summed E-state index contributed by atoms with van der Waals surface area (Å²) in [4.78, 5) is 22.6. The number of amides is 1. The maximum Gasteiger partial charge on any atom is 0.269 e. The Morgan fingerprint density at radius 1 is 1.21 bits per heavy atom. The molecule has 0 saturated carbocycles. The molecule has 0 atom stereocenters. The minimum atomic E-state index is -0.499. The van der Waals surface area contributed by atoms with E-state index in [2.05, 4.69) is 34.0 Å². The molecule has 10 heteroatoms. The van der Waals surface area contributed by atoms with Gasteiger partial charge in [-0.05, 0) is 88.3 Å². The SMILES string of the molecule is COc1cc(/C=C(\C#N)c2ccc([N+](=O)[O-])cc2)cc(I)c1OCC(=O)Nc1ccc(Cl)cc1. The Labute approximate surface area is 214 Å². The second-order valence-electron chi connectivity index (χ2n) is 6.85. The number of ether oxygens (including phenoxy) is 2. The summed E-state index contributed by atoms with van der Waals surface area (Å²) in [6.07, 6.45) is 1.64. The molecule has 0 aliphatic rings. The predicted octanol–water partition coefficient (Wildman–Crippen LogP) is 5.94. The molecule has 0 bridgehead atoms. The molecule has 0 aliphatic heterocycles. The van der Waals surface area contributed by atoms with Gasteiger partial charge >= 0.3 is 0 Å². The van der Waals surface area contributed by atoms with Gasteiger partial charge in [0.15, 0.2) is 18.1 Å². The summed E-state index contributed by atoms with van der Waals surface area (Å²) in [5.41, 5.74) is 2.06. The summed E-state index contributed by atoms with van der Waals surface area (Å²) < 4.78 is 11.8. The fourth-order valence-corrected chi connectivity index (χ4v) is 3.85. The Kier molecular flexibility index (Phi) is 8.45. The Morgan fingerprint density at radius 3 is 2.47 bits per heavy atom. The molecule has 0 fully saturated rings. The average molecular weight is 590 g/mol. The van der Waals surface area contributed by atoms with E-state index in [0.29, 0.717) is 42.5 Å². The van der Waals surface area contributed by atoms with Crippen LogP contribution in [0.3, 0.4) is 0 Å². The fourth-order valence-electron chi connectivity index (χ4n) is 2.94. The molecule has 0 spiro atoms. The lowest BCUT2D eigenvalue weighted by molar-refractivity contribution is -0.384. The van der Waals surface area contributed by atoms with Crippen LogP contribution >= 0.6 is 34.2 Å². The van der Waals surface area contributed by atoms with Crippen molar-refractivity contribution in [1.82, 2.24) is 0 Å². The number of nitriles is 1. The average Bonchev–Trinajstić information content (AvgIpc) is 2.83. The standard InChI is InChI=1S/C24H17ClIN3O5/c1-33-22-12-15(10-17(13-27)16-2-8-20(9-3-16)29(31)32)11-21(26)24(22)34-14-23(30)28-19-6-4-18(25)5-7-19/h2-12H,14H2,1H3,(H,28,30)/b17-10+. The topological polar surface area (TPSA) is 114 Å². The number of hydrogen-bond donors (Lipinski definition) is 1. The van der Waals surface area contributed by atoms with Crippen LogP contribution in [0.2, 0.25) is 5.02 Å².